The molecule has 0 unspecified atom stereocenters. The SMILES string of the molecule is C#CCCCCO.Cc1ccc(S(=O)(=O)O)cc1. The topological polar surface area (TPSA) is 74.6 Å². The molecule has 2 N–H and O–H groups in total. The zero-order valence-corrected chi connectivity index (χ0v) is 11.2. The lowest BCUT2D eigenvalue weighted by Crippen LogP contribution is -1.96. The first-order chi connectivity index (χ1) is 8.41. The van der Waals surface area contributed by atoms with E-state index in [-0.39, 0.29) is 11.5 Å². The molecule has 4 nitrogen and oxygen atoms in total. The molecular weight excluding hydrogens is 252 g/mol. The number of hydrogen-bond donors (Lipinski definition) is 2. The number of rotatable bonds is 4. The van der Waals surface area contributed by atoms with Crippen LogP contribution in [-0.4, -0.2) is 24.7 Å². The fraction of sp³-hybridized carbons (Fsp3) is 0.385. The number of terminal acetylenes is 1. The highest BCUT2D eigenvalue weighted by molar-refractivity contribution is 7.85. The Labute approximate surface area is 108 Å². The van der Waals surface area contributed by atoms with Crippen LogP contribution in [0.4, 0.5) is 0 Å². The molecule has 0 aliphatic heterocycles. The molecule has 0 radical (unpaired) electrons. The van der Waals surface area contributed by atoms with Crippen molar-refractivity contribution in [3.05, 3.63) is 29.8 Å². The molecule has 0 saturated heterocycles. The minimum Gasteiger partial charge on any atom is -0.396 e. The molecule has 0 amide bonds. The average molecular weight is 270 g/mol. The van der Waals surface area contributed by atoms with Crippen LogP contribution in [0, 0.1) is 19.3 Å². The molecule has 0 atom stereocenters. The summed E-state index contributed by atoms with van der Waals surface area (Å²) in [5, 5.41) is 8.22. The normalized spacial score (nSPS) is 10.1. The quantitative estimate of drug-likeness (QED) is 0.498. The molecule has 0 fully saturated rings. The molecule has 0 heterocycles. The first kappa shape index (κ1) is 16.6. The van der Waals surface area contributed by atoms with Crippen molar-refractivity contribution in [2.24, 2.45) is 0 Å². The third-order valence-corrected chi connectivity index (χ3v) is 2.92. The molecule has 0 aromatic heterocycles. The first-order valence-electron chi connectivity index (χ1n) is 5.50. The van der Waals surface area contributed by atoms with Crippen LogP contribution >= 0.6 is 0 Å². The summed E-state index contributed by atoms with van der Waals surface area (Å²) < 4.78 is 29.6. The minimum atomic E-state index is -4.02. The van der Waals surface area contributed by atoms with Gasteiger partial charge in [-0.3, -0.25) is 4.55 Å². The highest BCUT2D eigenvalue weighted by atomic mass is 32.2. The van der Waals surface area contributed by atoms with E-state index in [0.29, 0.717) is 0 Å². The second-order valence-electron chi connectivity index (χ2n) is 3.67. The Morgan fingerprint density at radius 1 is 1.22 bits per heavy atom. The molecule has 100 valence electrons. The van der Waals surface area contributed by atoms with Crippen LogP contribution in [0.25, 0.3) is 0 Å². The third-order valence-electron chi connectivity index (χ3n) is 2.05. The van der Waals surface area contributed by atoms with Crippen LogP contribution in [0.3, 0.4) is 0 Å². The van der Waals surface area contributed by atoms with E-state index in [1.807, 2.05) is 6.92 Å². The summed E-state index contributed by atoms with van der Waals surface area (Å²) in [5.41, 5.74) is 0.956. The van der Waals surface area contributed by atoms with E-state index >= 15 is 0 Å². The van der Waals surface area contributed by atoms with Crippen LogP contribution in [-0.2, 0) is 10.1 Å². The standard InChI is InChI=1S/C7H8O3S.C6H10O/c1-6-2-4-7(5-3-6)11(8,9)10;1-2-3-4-5-6-7/h2-5H,1H3,(H,8,9,10);1,7H,3-6H2. The van der Waals surface area contributed by atoms with Gasteiger partial charge in [-0.05, 0) is 31.9 Å². The van der Waals surface area contributed by atoms with Crippen molar-refractivity contribution in [3.63, 3.8) is 0 Å². The highest BCUT2D eigenvalue weighted by Crippen LogP contribution is 2.08. The summed E-state index contributed by atoms with van der Waals surface area (Å²) >= 11 is 0. The van der Waals surface area contributed by atoms with Crippen molar-refractivity contribution in [2.45, 2.75) is 31.1 Å². The second-order valence-corrected chi connectivity index (χ2v) is 5.09. The minimum absolute atomic E-state index is 0.0666. The van der Waals surface area contributed by atoms with E-state index in [1.54, 1.807) is 12.1 Å². The number of aryl methyl sites for hydroxylation is 1. The second kappa shape index (κ2) is 8.70. The van der Waals surface area contributed by atoms with Crippen molar-refractivity contribution in [3.8, 4) is 12.3 Å². The summed E-state index contributed by atoms with van der Waals surface area (Å²) in [7, 11) is -4.02. The van der Waals surface area contributed by atoms with Gasteiger partial charge in [0.1, 0.15) is 0 Å². The van der Waals surface area contributed by atoms with Gasteiger partial charge in [0.2, 0.25) is 0 Å². The molecule has 1 rings (SSSR count). The van der Waals surface area contributed by atoms with Crippen molar-refractivity contribution < 1.29 is 18.1 Å². The van der Waals surface area contributed by atoms with Crippen LogP contribution in [0.5, 0.6) is 0 Å². The molecular formula is C13H18O4S. The summed E-state index contributed by atoms with van der Waals surface area (Å²) in [4.78, 5) is -0.0666. The number of hydrogen-bond acceptors (Lipinski definition) is 3. The van der Waals surface area contributed by atoms with E-state index < -0.39 is 10.1 Å². The Morgan fingerprint density at radius 3 is 2.17 bits per heavy atom. The molecule has 0 bridgehead atoms. The maximum atomic E-state index is 10.5. The van der Waals surface area contributed by atoms with E-state index in [1.165, 1.54) is 12.1 Å². The molecule has 1 aromatic carbocycles. The predicted molar refractivity (Wildman–Crippen MR) is 70.8 cm³/mol. The Balaban J connectivity index is 0.000000360. The molecule has 5 heteroatoms. The van der Waals surface area contributed by atoms with E-state index in [0.717, 1.165) is 24.8 Å². The van der Waals surface area contributed by atoms with Gasteiger partial charge < -0.3 is 5.11 Å². The van der Waals surface area contributed by atoms with Crippen molar-refractivity contribution >= 4 is 10.1 Å². The van der Waals surface area contributed by atoms with Gasteiger partial charge in [-0.15, -0.1) is 12.3 Å². The molecule has 0 aliphatic carbocycles. The van der Waals surface area contributed by atoms with Gasteiger partial charge in [-0.2, -0.15) is 8.42 Å². The van der Waals surface area contributed by atoms with Crippen molar-refractivity contribution in [1.29, 1.82) is 0 Å². The Morgan fingerprint density at radius 2 is 1.78 bits per heavy atom. The van der Waals surface area contributed by atoms with Gasteiger partial charge in [0.05, 0.1) is 4.90 Å². The van der Waals surface area contributed by atoms with Crippen molar-refractivity contribution in [2.75, 3.05) is 6.61 Å². The highest BCUT2D eigenvalue weighted by Gasteiger charge is 2.06. The zero-order valence-electron chi connectivity index (χ0n) is 10.3. The first-order valence-corrected chi connectivity index (χ1v) is 6.94. The molecule has 18 heavy (non-hydrogen) atoms. The smallest absolute Gasteiger partial charge is 0.294 e. The Kier molecular flexibility index (Phi) is 8.05. The van der Waals surface area contributed by atoms with Crippen molar-refractivity contribution in [1.82, 2.24) is 0 Å². The summed E-state index contributed by atoms with van der Waals surface area (Å²) in [6, 6.07) is 5.99. The molecule has 0 spiro atoms. The maximum Gasteiger partial charge on any atom is 0.294 e. The molecule has 1 aromatic rings. The maximum absolute atomic E-state index is 10.5. The van der Waals surface area contributed by atoms with Gasteiger partial charge in [0.15, 0.2) is 0 Å². The van der Waals surface area contributed by atoms with Gasteiger partial charge in [-0.25, -0.2) is 0 Å². The van der Waals surface area contributed by atoms with Crippen LogP contribution < -0.4 is 0 Å². The van der Waals surface area contributed by atoms with Crippen LogP contribution in [0.1, 0.15) is 24.8 Å². The van der Waals surface area contributed by atoms with E-state index in [2.05, 4.69) is 5.92 Å². The van der Waals surface area contributed by atoms with Crippen LogP contribution in [0.15, 0.2) is 29.2 Å². The number of benzene rings is 1. The van der Waals surface area contributed by atoms with Crippen LogP contribution in [0.2, 0.25) is 0 Å². The number of unbranched alkanes of at least 4 members (excludes halogenated alkanes) is 2. The lowest BCUT2D eigenvalue weighted by Gasteiger charge is -1.95. The van der Waals surface area contributed by atoms with Gasteiger partial charge in [0.25, 0.3) is 10.1 Å². The van der Waals surface area contributed by atoms with E-state index in [4.69, 9.17) is 16.1 Å². The number of aliphatic hydroxyl groups excluding tert-OH is 1. The fourth-order valence-corrected chi connectivity index (χ4v) is 1.53. The average Bonchev–Trinajstić information content (AvgIpc) is 2.30. The Hall–Kier alpha value is -1.35. The summed E-state index contributed by atoms with van der Waals surface area (Å²) in [6.45, 7) is 2.11. The Bertz CT molecular complexity index is 469. The predicted octanol–water partition coefficient (Wildman–Crippen LogP) is 2.02. The lowest BCUT2D eigenvalue weighted by molar-refractivity contribution is 0.285. The van der Waals surface area contributed by atoms with Gasteiger partial charge in [0, 0.05) is 13.0 Å². The van der Waals surface area contributed by atoms with Gasteiger partial charge >= 0.3 is 0 Å². The molecule has 0 saturated carbocycles. The number of aliphatic hydroxyl groups is 1. The van der Waals surface area contributed by atoms with E-state index in [9.17, 15) is 8.42 Å². The zero-order chi connectivity index (χ0) is 14.0. The van der Waals surface area contributed by atoms with Gasteiger partial charge in [-0.1, -0.05) is 17.7 Å². The monoisotopic (exact) mass is 270 g/mol. The third kappa shape index (κ3) is 7.85. The molecule has 0 aliphatic rings. The summed E-state index contributed by atoms with van der Waals surface area (Å²) in [6.07, 6.45) is 7.52. The summed E-state index contributed by atoms with van der Waals surface area (Å²) in [5.74, 6) is 2.49. The fourth-order valence-electron chi connectivity index (χ4n) is 1.05. The largest absolute Gasteiger partial charge is 0.396 e. The lowest BCUT2D eigenvalue weighted by atomic mass is 10.2.